The Kier molecular flexibility index (Phi) is 8.44. The van der Waals surface area contributed by atoms with E-state index in [0.29, 0.717) is 43.0 Å². The van der Waals surface area contributed by atoms with E-state index in [9.17, 15) is 4.79 Å². The number of aromatic nitrogens is 2. The van der Waals surface area contributed by atoms with Gasteiger partial charge in [-0.25, -0.2) is 14.7 Å². The first-order valence-electron chi connectivity index (χ1n) is 8.88. The number of nitrogens with one attached hydrogen (secondary N) is 2. The van der Waals surface area contributed by atoms with Gasteiger partial charge in [0.2, 0.25) is 5.95 Å². The molecule has 9 heteroatoms. The number of ether oxygens (including phenoxy) is 3. The van der Waals surface area contributed by atoms with Crippen LogP contribution in [0.1, 0.15) is 6.92 Å². The van der Waals surface area contributed by atoms with Crippen LogP contribution in [0.25, 0.3) is 0 Å². The van der Waals surface area contributed by atoms with Crippen molar-refractivity contribution in [2.45, 2.75) is 13.0 Å². The monoisotopic (exact) mass is 389 g/mol. The van der Waals surface area contributed by atoms with E-state index >= 15 is 0 Å². The highest BCUT2D eigenvalue weighted by molar-refractivity contribution is 5.98. The van der Waals surface area contributed by atoms with E-state index in [1.54, 1.807) is 57.9 Å². The standard InChI is InChI=1S/C19H27N5O4/c1-14(13-27-3)22-18-20-10-9-17(23-18)24(19(25)21-11-12-26-2)15-5-7-16(28-4)8-6-15/h5-10,14H,11-13H2,1-4H3,(H,21,25)(H,20,22,23)/t14-/m0/s1. The quantitative estimate of drug-likeness (QED) is 0.602. The van der Waals surface area contributed by atoms with Crippen molar-refractivity contribution in [3.8, 4) is 5.75 Å². The van der Waals surface area contributed by atoms with Crippen molar-refractivity contribution >= 4 is 23.5 Å². The van der Waals surface area contributed by atoms with Gasteiger partial charge in [-0.2, -0.15) is 4.98 Å². The number of carbonyl (C=O) groups excluding carboxylic acids is 1. The predicted molar refractivity (Wildman–Crippen MR) is 107 cm³/mol. The number of anilines is 3. The molecule has 0 aliphatic rings. The van der Waals surface area contributed by atoms with Crippen LogP contribution in [0.2, 0.25) is 0 Å². The van der Waals surface area contributed by atoms with Gasteiger partial charge < -0.3 is 24.8 Å². The van der Waals surface area contributed by atoms with Gasteiger partial charge in [0.05, 0.1) is 26.0 Å². The summed E-state index contributed by atoms with van der Waals surface area (Å²) in [5, 5.41) is 5.97. The molecule has 0 bridgehead atoms. The van der Waals surface area contributed by atoms with Crippen LogP contribution in [-0.4, -0.2) is 63.1 Å². The summed E-state index contributed by atoms with van der Waals surface area (Å²) >= 11 is 0. The lowest BCUT2D eigenvalue weighted by molar-refractivity contribution is 0.190. The lowest BCUT2D eigenvalue weighted by Crippen LogP contribution is -2.39. The van der Waals surface area contributed by atoms with Gasteiger partial charge >= 0.3 is 6.03 Å². The second-order valence-electron chi connectivity index (χ2n) is 6.00. The van der Waals surface area contributed by atoms with E-state index in [1.165, 1.54) is 4.90 Å². The normalized spacial score (nSPS) is 11.6. The van der Waals surface area contributed by atoms with E-state index in [-0.39, 0.29) is 12.1 Å². The van der Waals surface area contributed by atoms with Gasteiger partial charge in [0.15, 0.2) is 0 Å². The molecule has 0 saturated carbocycles. The Morgan fingerprint density at radius 2 is 1.89 bits per heavy atom. The molecule has 2 aromatic rings. The minimum Gasteiger partial charge on any atom is -0.497 e. The molecule has 0 fully saturated rings. The van der Waals surface area contributed by atoms with E-state index in [2.05, 4.69) is 20.6 Å². The van der Waals surface area contributed by atoms with Crippen LogP contribution < -0.4 is 20.3 Å². The number of methoxy groups -OCH3 is 3. The number of benzene rings is 1. The maximum absolute atomic E-state index is 12.8. The van der Waals surface area contributed by atoms with Gasteiger partial charge in [-0.1, -0.05) is 0 Å². The van der Waals surface area contributed by atoms with Gasteiger partial charge in [-0.05, 0) is 31.2 Å². The lowest BCUT2D eigenvalue weighted by Gasteiger charge is -2.23. The molecule has 0 aliphatic heterocycles. The molecule has 0 saturated heterocycles. The molecular formula is C19H27N5O4. The van der Waals surface area contributed by atoms with Crippen molar-refractivity contribution in [3.05, 3.63) is 36.5 Å². The van der Waals surface area contributed by atoms with Crippen LogP contribution in [0.15, 0.2) is 36.5 Å². The number of hydrogen-bond donors (Lipinski definition) is 2. The lowest BCUT2D eigenvalue weighted by atomic mass is 10.2. The van der Waals surface area contributed by atoms with E-state index in [0.717, 1.165) is 0 Å². The molecule has 0 spiro atoms. The van der Waals surface area contributed by atoms with Crippen LogP contribution in [0.5, 0.6) is 5.75 Å². The molecule has 0 unspecified atom stereocenters. The van der Waals surface area contributed by atoms with Crippen LogP contribution in [0.4, 0.5) is 22.2 Å². The second kappa shape index (κ2) is 11.1. The van der Waals surface area contributed by atoms with Gasteiger partial charge in [-0.3, -0.25) is 0 Å². The maximum Gasteiger partial charge on any atom is 0.327 e. The van der Waals surface area contributed by atoms with Crippen LogP contribution >= 0.6 is 0 Å². The van der Waals surface area contributed by atoms with Gasteiger partial charge in [-0.15, -0.1) is 0 Å². The van der Waals surface area contributed by atoms with Crippen LogP contribution in [0, 0.1) is 0 Å². The van der Waals surface area contributed by atoms with E-state index < -0.39 is 0 Å². The third-order valence-electron chi connectivity index (χ3n) is 3.78. The first-order chi connectivity index (χ1) is 13.6. The Bertz CT molecular complexity index is 741. The molecule has 1 aromatic carbocycles. The summed E-state index contributed by atoms with van der Waals surface area (Å²) in [4.78, 5) is 23.0. The predicted octanol–water partition coefficient (Wildman–Crippen LogP) is 2.43. The molecule has 28 heavy (non-hydrogen) atoms. The van der Waals surface area contributed by atoms with Crippen molar-refractivity contribution in [3.63, 3.8) is 0 Å². The van der Waals surface area contributed by atoms with Crippen LogP contribution in [-0.2, 0) is 9.47 Å². The van der Waals surface area contributed by atoms with Crippen molar-refractivity contribution in [2.75, 3.05) is 51.3 Å². The number of hydrogen-bond acceptors (Lipinski definition) is 7. The third kappa shape index (κ3) is 6.07. The summed E-state index contributed by atoms with van der Waals surface area (Å²) in [5.74, 6) is 1.54. The Morgan fingerprint density at radius 3 is 2.54 bits per heavy atom. The average molecular weight is 389 g/mol. The molecule has 1 aromatic heterocycles. The summed E-state index contributed by atoms with van der Waals surface area (Å²) in [6.45, 7) is 3.25. The fraction of sp³-hybridized carbons (Fsp3) is 0.421. The second-order valence-corrected chi connectivity index (χ2v) is 6.00. The minimum atomic E-state index is -0.322. The number of rotatable bonds is 10. The molecule has 1 heterocycles. The molecule has 2 amide bonds. The number of urea groups is 1. The molecule has 0 radical (unpaired) electrons. The molecule has 0 aliphatic carbocycles. The largest absolute Gasteiger partial charge is 0.497 e. The smallest absolute Gasteiger partial charge is 0.327 e. The molecule has 2 N–H and O–H groups in total. The molecular weight excluding hydrogens is 362 g/mol. The highest BCUT2D eigenvalue weighted by atomic mass is 16.5. The molecule has 9 nitrogen and oxygen atoms in total. The van der Waals surface area contributed by atoms with Crippen molar-refractivity contribution in [1.82, 2.24) is 15.3 Å². The van der Waals surface area contributed by atoms with E-state index in [4.69, 9.17) is 14.2 Å². The number of carbonyl (C=O) groups is 1. The average Bonchev–Trinajstić information content (AvgIpc) is 2.69. The molecule has 152 valence electrons. The van der Waals surface area contributed by atoms with Gasteiger partial charge in [0.25, 0.3) is 0 Å². The van der Waals surface area contributed by atoms with Crippen molar-refractivity contribution < 1.29 is 19.0 Å². The third-order valence-corrected chi connectivity index (χ3v) is 3.78. The number of nitrogens with zero attached hydrogens (tertiary/aromatic N) is 3. The van der Waals surface area contributed by atoms with Gasteiger partial charge in [0, 0.05) is 39.1 Å². The highest BCUT2D eigenvalue weighted by Crippen LogP contribution is 2.26. The van der Waals surface area contributed by atoms with Crippen molar-refractivity contribution in [2.24, 2.45) is 0 Å². The van der Waals surface area contributed by atoms with Crippen LogP contribution in [0.3, 0.4) is 0 Å². The minimum absolute atomic E-state index is 0.0187. The first-order valence-corrected chi connectivity index (χ1v) is 8.88. The summed E-state index contributed by atoms with van der Waals surface area (Å²) in [7, 11) is 4.80. The van der Waals surface area contributed by atoms with Gasteiger partial charge in [0.1, 0.15) is 11.6 Å². The fourth-order valence-corrected chi connectivity index (χ4v) is 2.48. The SMILES string of the molecule is COCCNC(=O)N(c1ccc(OC)cc1)c1ccnc(N[C@@H](C)COC)n1. The highest BCUT2D eigenvalue weighted by Gasteiger charge is 2.20. The topological polar surface area (TPSA) is 97.8 Å². The fourth-order valence-electron chi connectivity index (χ4n) is 2.48. The Morgan fingerprint density at radius 1 is 1.14 bits per heavy atom. The summed E-state index contributed by atoms with van der Waals surface area (Å²) in [6, 6.07) is 8.51. The zero-order valence-electron chi connectivity index (χ0n) is 16.6. The summed E-state index contributed by atoms with van der Waals surface area (Å²) in [5.41, 5.74) is 0.644. The Labute approximate surface area is 165 Å². The molecule has 2 rings (SSSR count). The Balaban J connectivity index is 2.30. The molecule has 1 atom stereocenters. The summed E-state index contributed by atoms with van der Waals surface area (Å²) < 4.78 is 15.3. The van der Waals surface area contributed by atoms with E-state index in [1.807, 2.05) is 6.92 Å². The maximum atomic E-state index is 12.8. The number of amides is 2. The van der Waals surface area contributed by atoms with Crippen molar-refractivity contribution in [1.29, 1.82) is 0 Å². The Hall–Kier alpha value is -2.91. The zero-order chi connectivity index (χ0) is 20.4. The zero-order valence-corrected chi connectivity index (χ0v) is 16.6. The first kappa shape index (κ1) is 21.4. The summed E-state index contributed by atoms with van der Waals surface area (Å²) in [6.07, 6.45) is 1.60.